The number of rotatable bonds is 12. The molecular formula is C29H35Cl2FN2O5. The summed E-state index contributed by atoms with van der Waals surface area (Å²) in [7, 11) is 0. The lowest BCUT2D eigenvalue weighted by molar-refractivity contribution is -0.140. The minimum absolute atomic E-state index is 0. The molecule has 7 nitrogen and oxygen atoms in total. The molecule has 39 heavy (non-hydrogen) atoms. The number of ether oxygens (including phenoxy) is 1. The number of aliphatic carboxylic acids is 1. The van der Waals surface area contributed by atoms with E-state index < -0.39 is 17.8 Å². The number of carboxylic acid groups (broad SMARTS) is 1. The Morgan fingerprint density at radius 1 is 1.15 bits per heavy atom. The van der Waals surface area contributed by atoms with Crippen molar-refractivity contribution in [3.05, 3.63) is 63.9 Å². The molecule has 1 saturated carbocycles. The first-order valence-electron chi connectivity index (χ1n) is 13.2. The van der Waals surface area contributed by atoms with E-state index in [1.807, 2.05) is 25.1 Å². The molecule has 2 aromatic carbocycles. The number of hydrogen-bond donors (Lipinski definition) is 1. The van der Waals surface area contributed by atoms with Crippen molar-refractivity contribution < 1.29 is 28.6 Å². The van der Waals surface area contributed by atoms with Crippen molar-refractivity contribution in [1.82, 2.24) is 9.80 Å². The van der Waals surface area contributed by atoms with Crippen molar-refractivity contribution in [3.8, 4) is 5.75 Å². The molecule has 212 valence electrons. The van der Waals surface area contributed by atoms with E-state index in [1.165, 1.54) is 17.0 Å². The molecule has 0 radical (unpaired) electrons. The van der Waals surface area contributed by atoms with E-state index in [1.54, 1.807) is 6.07 Å². The van der Waals surface area contributed by atoms with E-state index in [0.29, 0.717) is 23.8 Å². The smallest absolute Gasteiger partial charge is 0.305 e. The van der Waals surface area contributed by atoms with Crippen molar-refractivity contribution in [1.29, 1.82) is 0 Å². The van der Waals surface area contributed by atoms with Gasteiger partial charge in [0, 0.05) is 32.0 Å². The first kappa shape index (κ1) is 30.9. The molecule has 1 aliphatic carbocycles. The van der Waals surface area contributed by atoms with Gasteiger partial charge in [-0.1, -0.05) is 42.6 Å². The summed E-state index contributed by atoms with van der Waals surface area (Å²) in [5.74, 6) is -0.707. The normalized spacial score (nSPS) is 16.6. The molecule has 1 N–H and O–H groups in total. The predicted molar refractivity (Wildman–Crippen MR) is 149 cm³/mol. The Kier molecular flexibility index (Phi) is 11.2. The average Bonchev–Trinajstić information content (AvgIpc) is 3.50. The third-order valence-electron chi connectivity index (χ3n) is 7.46. The Morgan fingerprint density at radius 3 is 2.46 bits per heavy atom. The molecule has 10 heteroatoms. The van der Waals surface area contributed by atoms with Crippen molar-refractivity contribution in [2.75, 3.05) is 19.7 Å². The van der Waals surface area contributed by atoms with Gasteiger partial charge in [-0.2, -0.15) is 0 Å². The first-order chi connectivity index (χ1) is 18.2. The number of likely N-dealkylation sites (tertiary alicyclic amines) is 1. The second kappa shape index (κ2) is 14.1. The minimum Gasteiger partial charge on any atom is -0.491 e. The number of carbonyl (C=O) groups is 3. The summed E-state index contributed by atoms with van der Waals surface area (Å²) in [5, 5.41) is 9.72. The summed E-state index contributed by atoms with van der Waals surface area (Å²) in [6.45, 7) is 3.58. The number of imide groups is 1. The summed E-state index contributed by atoms with van der Waals surface area (Å²) in [6.07, 6.45) is 4.89. The van der Waals surface area contributed by atoms with Crippen LogP contribution >= 0.6 is 24.0 Å². The molecule has 2 fully saturated rings. The van der Waals surface area contributed by atoms with Crippen LogP contribution in [0, 0.1) is 18.7 Å². The van der Waals surface area contributed by atoms with Gasteiger partial charge in [0.2, 0.25) is 11.8 Å². The maximum Gasteiger partial charge on any atom is 0.305 e. The number of aryl methyl sites for hydroxylation is 1. The molecule has 0 bridgehead atoms. The number of carboxylic acids is 1. The van der Waals surface area contributed by atoms with Gasteiger partial charge in [-0.3, -0.25) is 24.2 Å². The molecule has 2 aromatic rings. The number of nitrogens with zero attached hydrogens (tertiary/aromatic N) is 2. The fourth-order valence-electron chi connectivity index (χ4n) is 5.49. The van der Waals surface area contributed by atoms with Crippen LogP contribution in [-0.2, 0) is 20.9 Å². The molecule has 1 saturated heterocycles. The van der Waals surface area contributed by atoms with Crippen LogP contribution in [0.1, 0.15) is 67.7 Å². The lowest BCUT2D eigenvalue weighted by atomic mass is 9.98. The fourth-order valence-corrected chi connectivity index (χ4v) is 5.61. The zero-order chi connectivity index (χ0) is 27.2. The number of benzene rings is 2. The van der Waals surface area contributed by atoms with Crippen LogP contribution in [0.25, 0.3) is 0 Å². The van der Waals surface area contributed by atoms with Gasteiger partial charge in [-0.15, -0.1) is 12.4 Å². The summed E-state index contributed by atoms with van der Waals surface area (Å²) in [4.78, 5) is 38.9. The quantitative estimate of drug-likeness (QED) is 0.312. The monoisotopic (exact) mass is 580 g/mol. The van der Waals surface area contributed by atoms with Gasteiger partial charge in [0.05, 0.1) is 18.0 Å². The van der Waals surface area contributed by atoms with E-state index in [2.05, 4.69) is 4.90 Å². The second-order valence-corrected chi connectivity index (χ2v) is 10.7. The summed E-state index contributed by atoms with van der Waals surface area (Å²) < 4.78 is 20.2. The van der Waals surface area contributed by atoms with E-state index in [9.17, 15) is 23.9 Å². The zero-order valence-electron chi connectivity index (χ0n) is 22.0. The third-order valence-corrected chi connectivity index (χ3v) is 7.76. The van der Waals surface area contributed by atoms with E-state index in [-0.39, 0.29) is 61.7 Å². The molecule has 0 spiro atoms. The van der Waals surface area contributed by atoms with Crippen molar-refractivity contribution >= 4 is 41.8 Å². The average molecular weight is 582 g/mol. The third kappa shape index (κ3) is 8.16. The summed E-state index contributed by atoms with van der Waals surface area (Å²) in [5.41, 5.74) is 2.48. The maximum atomic E-state index is 14.4. The molecule has 1 atom stereocenters. The van der Waals surface area contributed by atoms with Gasteiger partial charge in [-0.25, -0.2) is 4.39 Å². The lowest BCUT2D eigenvalue weighted by Gasteiger charge is -2.33. The zero-order valence-corrected chi connectivity index (χ0v) is 23.6. The van der Waals surface area contributed by atoms with Crippen LogP contribution < -0.4 is 4.74 Å². The van der Waals surface area contributed by atoms with Crippen LogP contribution in [-0.4, -0.2) is 52.4 Å². The van der Waals surface area contributed by atoms with Crippen LogP contribution in [0.4, 0.5) is 4.39 Å². The number of hydrogen-bond acceptors (Lipinski definition) is 5. The Hall–Kier alpha value is -2.68. The summed E-state index contributed by atoms with van der Waals surface area (Å²) in [6, 6.07) is 9.83. The van der Waals surface area contributed by atoms with Crippen molar-refractivity contribution in [2.45, 2.75) is 64.5 Å². The first-order valence-corrected chi connectivity index (χ1v) is 13.6. The highest BCUT2D eigenvalue weighted by atomic mass is 35.5. The largest absolute Gasteiger partial charge is 0.491 e. The fraction of sp³-hybridized carbons (Fsp3) is 0.483. The van der Waals surface area contributed by atoms with Gasteiger partial charge in [0.1, 0.15) is 18.2 Å². The Balaban J connectivity index is 0.00000420. The van der Waals surface area contributed by atoms with Gasteiger partial charge in [-0.05, 0) is 60.6 Å². The molecule has 1 heterocycles. The van der Waals surface area contributed by atoms with Crippen LogP contribution in [0.2, 0.25) is 5.02 Å². The van der Waals surface area contributed by atoms with E-state index in [4.69, 9.17) is 16.3 Å². The molecule has 0 aromatic heterocycles. The Morgan fingerprint density at radius 2 is 1.85 bits per heavy atom. The number of amides is 2. The maximum absolute atomic E-state index is 14.4. The topological polar surface area (TPSA) is 87.2 Å². The van der Waals surface area contributed by atoms with Gasteiger partial charge in [0.25, 0.3) is 0 Å². The summed E-state index contributed by atoms with van der Waals surface area (Å²) >= 11 is 5.90. The highest BCUT2D eigenvalue weighted by Crippen LogP contribution is 2.34. The van der Waals surface area contributed by atoms with Crippen molar-refractivity contribution in [3.63, 3.8) is 0 Å². The molecule has 1 aliphatic heterocycles. The van der Waals surface area contributed by atoms with Gasteiger partial charge in [0.15, 0.2) is 0 Å². The number of halogens is 3. The predicted octanol–water partition coefficient (Wildman–Crippen LogP) is 5.95. The van der Waals surface area contributed by atoms with Crippen LogP contribution in [0.5, 0.6) is 5.75 Å². The van der Waals surface area contributed by atoms with E-state index in [0.717, 1.165) is 43.4 Å². The Bertz CT molecular complexity index is 1170. The highest BCUT2D eigenvalue weighted by Gasteiger charge is 2.29. The van der Waals surface area contributed by atoms with Crippen LogP contribution in [0.15, 0.2) is 36.4 Å². The lowest BCUT2D eigenvalue weighted by Crippen LogP contribution is -2.34. The molecule has 2 amide bonds. The second-order valence-electron chi connectivity index (χ2n) is 10.3. The Labute approximate surface area is 239 Å². The van der Waals surface area contributed by atoms with Gasteiger partial charge >= 0.3 is 5.97 Å². The van der Waals surface area contributed by atoms with Crippen molar-refractivity contribution in [2.24, 2.45) is 5.92 Å². The highest BCUT2D eigenvalue weighted by molar-refractivity contribution is 6.30. The molecule has 4 rings (SSSR count). The van der Waals surface area contributed by atoms with Crippen LogP contribution in [0.3, 0.4) is 0 Å². The molecular weight excluding hydrogens is 546 g/mol. The standard InChI is InChI=1S/C29H34ClFN2O5.ClH/c1-19-14-21(6-9-26(19)38-13-12-33-27(34)10-11-28(33)35)18-32(17-20-4-2-3-5-20)25(16-29(36)37)22-7-8-23(30)24(31)15-22;/h6-9,14-15,20,25H,2-5,10-13,16-18H2,1H3,(H,36,37);1H/t25-;/m0./s1. The van der Waals surface area contributed by atoms with Gasteiger partial charge < -0.3 is 9.84 Å². The van der Waals surface area contributed by atoms with E-state index >= 15 is 0 Å². The SMILES string of the molecule is Cc1cc(CN(CC2CCCC2)[C@@H](CC(=O)O)c2ccc(Cl)c(F)c2)ccc1OCCN1C(=O)CCC1=O.Cl. The molecule has 0 unspecified atom stereocenters. The minimum atomic E-state index is -0.948. The number of carbonyl (C=O) groups excluding carboxylic acids is 2. The molecule has 2 aliphatic rings.